The molecule has 0 aliphatic rings. The Morgan fingerprint density at radius 2 is 1.88 bits per heavy atom. The van der Waals surface area contributed by atoms with Gasteiger partial charge >= 0.3 is 0 Å². The highest BCUT2D eigenvalue weighted by molar-refractivity contribution is 14.1. The number of benzene rings is 1. The summed E-state index contributed by atoms with van der Waals surface area (Å²) in [7, 11) is 1.87. The highest BCUT2D eigenvalue weighted by Crippen LogP contribution is 2.05. The second-order valence-corrected chi connectivity index (χ2v) is 4.92. The van der Waals surface area contributed by atoms with Gasteiger partial charge in [-0.2, -0.15) is 0 Å². The maximum Gasteiger partial charge on any atom is 0.253 e. The van der Waals surface area contributed by atoms with Gasteiger partial charge in [0.25, 0.3) is 5.91 Å². The van der Waals surface area contributed by atoms with Crippen LogP contribution in [0.1, 0.15) is 29.6 Å². The van der Waals surface area contributed by atoms with Crippen LogP contribution in [0.15, 0.2) is 30.3 Å². The van der Waals surface area contributed by atoms with Crippen LogP contribution in [-0.2, 0) is 0 Å². The van der Waals surface area contributed by atoms with E-state index in [0.717, 1.165) is 18.5 Å². The van der Waals surface area contributed by atoms with E-state index in [1.165, 1.54) is 17.3 Å². The van der Waals surface area contributed by atoms with E-state index in [-0.39, 0.29) is 5.91 Å². The molecule has 0 aliphatic carbocycles. The van der Waals surface area contributed by atoms with Crippen LogP contribution >= 0.6 is 22.6 Å². The van der Waals surface area contributed by atoms with Crippen LogP contribution in [0.4, 0.5) is 0 Å². The van der Waals surface area contributed by atoms with Crippen molar-refractivity contribution in [1.29, 1.82) is 0 Å². The average molecular weight is 331 g/mol. The van der Waals surface area contributed by atoms with E-state index in [1.54, 1.807) is 0 Å². The van der Waals surface area contributed by atoms with E-state index >= 15 is 0 Å². The number of hydrogen-bond acceptors (Lipinski definition) is 1. The first-order chi connectivity index (χ1) is 7.75. The predicted molar refractivity (Wildman–Crippen MR) is 76.1 cm³/mol. The van der Waals surface area contributed by atoms with Crippen molar-refractivity contribution < 1.29 is 4.79 Å². The zero-order chi connectivity index (χ0) is 11.8. The van der Waals surface area contributed by atoms with Gasteiger partial charge in [-0.1, -0.05) is 47.2 Å². The van der Waals surface area contributed by atoms with E-state index < -0.39 is 0 Å². The monoisotopic (exact) mass is 331 g/mol. The number of alkyl halides is 1. The van der Waals surface area contributed by atoms with Gasteiger partial charge in [0.15, 0.2) is 0 Å². The van der Waals surface area contributed by atoms with Crippen LogP contribution in [-0.4, -0.2) is 28.8 Å². The third-order valence-electron chi connectivity index (χ3n) is 2.49. The maximum absolute atomic E-state index is 11.9. The first-order valence-corrected chi connectivity index (χ1v) is 7.14. The molecule has 1 aromatic rings. The minimum atomic E-state index is 0.120. The Hall–Kier alpha value is -0.580. The fraction of sp³-hybridized carbons (Fsp3) is 0.462. The van der Waals surface area contributed by atoms with E-state index in [0.29, 0.717) is 0 Å². The van der Waals surface area contributed by atoms with Crippen LogP contribution in [0.3, 0.4) is 0 Å². The summed E-state index contributed by atoms with van der Waals surface area (Å²) >= 11 is 2.39. The summed E-state index contributed by atoms with van der Waals surface area (Å²) in [6, 6.07) is 9.46. The minimum absolute atomic E-state index is 0.120. The normalized spacial score (nSPS) is 10.1. The molecule has 0 bridgehead atoms. The van der Waals surface area contributed by atoms with Gasteiger partial charge in [-0.25, -0.2) is 0 Å². The molecule has 88 valence electrons. The van der Waals surface area contributed by atoms with Gasteiger partial charge in [0.05, 0.1) is 0 Å². The number of nitrogens with zero attached hydrogens (tertiary/aromatic N) is 1. The van der Waals surface area contributed by atoms with E-state index in [2.05, 4.69) is 22.6 Å². The number of amides is 1. The van der Waals surface area contributed by atoms with Crippen molar-refractivity contribution in [3.63, 3.8) is 0 Å². The van der Waals surface area contributed by atoms with Crippen LogP contribution in [0, 0.1) is 0 Å². The first kappa shape index (κ1) is 13.5. The molecule has 0 saturated carbocycles. The molecule has 0 spiro atoms. The molecule has 0 fully saturated rings. The lowest BCUT2D eigenvalue weighted by Gasteiger charge is -2.16. The van der Waals surface area contributed by atoms with Crippen LogP contribution < -0.4 is 0 Å². The van der Waals surface area contributed by atoms with Crippen molar-refractivity contribution in [2.24, 2.45) is 0 Å². The predicted octanol–water partition coefficient (Wildman–Crippen LogP) is 3.36. The first-order valence-electron chi connectivity index (χ1n) is 5.62. The number of hydrogen-bond donors (Lipinski definition) is 0. The lowest BCUT2D eigenvalue weighted by Crippen LogP contribution is -2.27. The number of carbonyl (C=O) groups excluding carboxylic acids is 1. The molecule has 0 heterocycles. The molecule has 0 saturated heterocycles. The molecule has 1 amide bonds. The molecule has 0 aromatic heterocycles. The van der Waals surface area contributed by atoms with Crippen LogP contribution in [0.25, 0.3) is 0 Å². The molecule has 1 rings (SSSR count). The lowest BCUT2D eigenvalue weighted by molar-refractivity contribution is 0.0793. The zero-order valence-corrected chi connectivity index (χ0v) is 11.8. The summed E-state index contributed by atoms with van der Waals surface area (Å²) in [5.41, 5.74) is 0.777. The third-order valence-corrected chi connectivity index (χ3v) is 3.26. The molecule has 0 radical (unpaired) electrons. The van der Waals surface area contributed by atoms with Crippen molar-refractivity contribution in [3.8, 4) is 0 Å². The Kier molecular flexibility index (Phi) is 6.45. The number of carbonyl (C=O) groups is 1. The Morgan fingerprint density at radius 1 is 1.19 bits per heavy atom. The fourth-order valence-corrected chi connectivity index (χ4v) is 2.06. The van der Waals surface area contributed by atoms with E-state index in [1.807, 2.05) is 42.3 Å². The van der Waals surface area contributed by atoms with Gasteiger partial charge in [0, 0.05) is 19.2 Å². The summed E-state index contributed by atoms with van der Waals surface area (Å²) in [6.45, 7) is 0.852. The molecule has 2 nitrogen and oxygen atoms in total. The molecule has 3 heteroatoms. The van der Waals surface area contributed by atoms with Crippen molar-refractivity contribution >= 4 is 28.5 Å². The van der Waals surface area contributed by atoms with E-state index in [4.69, 9.17) is 0 Å². The fourth-order valence-electron chi connectivity index (χ4n) is 1.52. The highest BCUT2D eigenvalue weighted by atomic mass is 127. The van der Waals surface area contributed by atoms with Gasteiger partial charge in [-0.15, -0.1) is 0 Å². The zero-order valence-electron chi connectivity index (χ0n) is 9.66. The smallest absolute Gasteiger partial charge is 0.253 e. The van der Waals surface area contributed by atoms with Crippen molar-refractivity contribution in [2.45, 2.75) is 19.3 Å². The van der Waals surface area contributed by atoms with Crippen molar-refractivity contribution in [2.75, 3.05) is 18.0 Å². The van der Waals surface area contributed by atoms with Gasteiger partial charge in [0.1, 0.15) is 0 Å². The largest absolute Gasteiger partial charge is 0.342 e. The number of unbranched alkanes of at least 4 members (excludes halogenated alkanes) is 2. The molecular formula is C13H18INO. The Balaban J connectivity index is 2.37. The van der Waals surface area contributed by atoms with Gasteiger partial charge in [-0.05, 0) is 29.4 Å². The minimum Gasteiger partial charge on any atom is -0.342 e. The number of rotatable bonds is 6. The third kappa shape index (κ3) is 4.51. The summed E-state index contributed by atoms with van der Waals surface area (Å²) in [6.07, 6.45) is 3.54. The molecular weight excluding hydrogens is 313 g/mol. The molecule has 1 aromatic carbocycles. The Morgan fingerprint density at radius 3 is 2.50 bits per heavy atom. The maximum atomic E-state index is 11.9. The van der Waals surface area contributed by atoms with Crippen molar-refractivity contribution in [1.82, 2.24) is 4.90 Å². The second-order valence-electron chi connectivity index (χ2n) is 3.84. The molecule has 0 aliphatic heterocycles. The summed E-state index contributed by atoms with van der Waals surface area (Å²) in [5, 5.41) is 0. The SMILES string of the molecule is CN(CCCCCI)C(=O)c1ccccc1. The van der Waals surface area contributed by atoms with E-state index in [9.17, 15) is 4.79 Å². The lowest BCUT2D eigenvalue weighted by atomic mass is 10.2. The molecule has 16 heavy (non-hydrogen) atoms. The topological polar surface area (TPSA) is 20.3 Å². The summed E-state index contributed by atoms with van der Waals surface area (Å²) in [4.78, 5) is 13.7. The average Bonchev–Trinajstić information content (AvgIpc) is 2.34. The summed E-state index contributed by atoms with van der Waals surface area (Å²) < 4.78 is 1.20. The Bertz CT molecular complexity index is 313. The van der Waals surface area contributed by atoms with Crippen molar-refractivity contribution in [3.05, 3.63) is 35.9 Å². The quantitative estimate of drug-likeness (QED) is 0.445. The van der Waals surface area contributed by atoms with Crippen LogP contribution in [0.5, 0.6) is 0 Å². The molecule has 0 N–H and O–H groups in total. The number of halogens is 1. The second kappa shape index (κ2) is 7.65. The standard InChI is InChI=1S/C13H18INO/c1-15(11-7-3-6-10-14)13(16)12-8-4-2-5-9-12/h2,4-5,8-9H,3,6-7,10-11H2,1H3. The molecule has 0 atom stereocenters. The summed E-state index contributed by atoms with van der Waals surface area (Å²) in [5.74, 6) is 0.120. The highest BCUT2D eigenvalue weighted by Gasteiger charge is 2.09. The van der Waals surface area contributed by atoms with Gasteiger partial charge < -0.3 is 4.90 Å². The van der Waals surface area contributed by atoms with Gasteiger partial charge in [0.2, 0.25) is 0 Å². The Labute approximate surface area is 111 Å². The van der Waals surface area contributed by atoms with Gasteiger partial charge in [-0.3, -0.25) is 4.79 Å². The van der Waals surface area contributed by atoms with Crippen LogP contribution in [0.2, 0.25) is 0 Å². The molecule has 0 unspecified atom stereocenters.